The average Bonchev–Trinajstić information content (AvgIpc) is 1.37. The quantitative estimate of drug-likeness (QED) is 0.360. The Morgan fingerprint density at radius 2 is 2.00 bits per heavy atom. The van der Waals surface area contributed by atoms with Crippen molar-refractivity contribution in [2.45, 2.75) is 13.3 Å². The SMILES string of the molecule is CCC=[NH2+].[Br-]. The van der Waals surface area contributed by atoms with Crippen LogP contribution in [-0.4, -0.2) is 6.21 Å². The number of rotatable bonds is 1. The van der Waals surface area contributed by atoms with Crippen molar-refractivity contribution in [2.75, 3.05) is 0 Å². The Kier molecular flexibility index (Phi) is 15.9. The topological polar surface area (TPSA) is 25.6 Å². The molecule has 0 aliphatic carbocycles. The van der Waals surface area contributed by atoms with Crippen molar-refractivity contribution in [1.29, 1.82) is 0 Å². The molecule has 0 aromatic rings. The molecule has 0 radical (unpaired) electrons. The van der Waals surface area contributed by atoms with Crippen LogP contribution in [0.25, 0.3) is 0 Å². The van der Waals surface area contributed by atoms with E-state index in [1.165, 1.54) is 0 Å². The highest BCUT2D eigenvalue weighted by atomic mass is 79.9. The van der Waals surface area contributed by atoms with Gasteiger partial charge in [0.15, 0.2) is 0 Å². The first-order chi connectivity index (χ1) is 1.91. The molecule has 0 saturated carbocycles. The van der Waals surface area contributed by atoms with Crippen LogP contribution in [0.15, 0.2) is 0 Å². The van der Waals surface area contributed by atoms with Gasteiger partial charge in [0.05, 0.1) is 0 Å². The van der Waals surface area contributed by atoms with Crippen molar-refractivity contribution in [3.05, 3.63) is 0 Å². The second-order valence-corrected chi connectivity index (χ2v) is 0.644. The summed E-state index contributed by atoms with van der Waals surface area (Å²) in [5.41, 5.74) is 0. The van der Waals surface area contributed by atoms with Crippen LogP contribution in [0.4, 0.5) is 0 Å². The second kappa shape index (κ2) is 8.91. The monoisotopic (exact) mass is 137 g/mol. The molecule has 1 nitrogen and oxygen atoms in total. The van der Waals surface area contributed by atoms with Gasteiger partial charge in [0, 0.05) is 6.42 Å². The van der Waals surface area contributed by atoms with Gasteiger partial charge in [-0.05, 0) is 0 Å². The highest BCUT2D eigenvalue weighted by Crippen LogP contribution is 1.50. The van der Waals surface area contributed by atoms with Gasteiger partial charge in [-0.15, -0.1) is 0 Å². The Bertz CT molecular complexity index is 20.9. The Morgan fingerprint density at radius 1 is 1.80 bits per heavy atom. The Labute approximate surface area is 42.7 Å². The van der Waals surface area contributed by atoms with E-state index in [1.807, 2.05) is 6.92 Å². The minimum atomic E-state index is 0. The number of nitrogens with two attached hydrogens (primary N) is 1. The Morgan fingerprint density at radius 3 is 2.00 bits per heavy atom. The van der Waals surface area contributed by atoms with Gasteiger partial charge in [-0.25, -0.2) is 0 Å². The van der Waals surface area contributed by atoms with Crippen LogP contribution in [0.3, 0.4) is 0 Å². The van der Waals surface area contributed by atoms with Crippen molar-refractivity contribution < 1.29 is 22.4 Å². The van der Waals surface area contributed by atoms with Crippen LogP contribution in [0.5, 0.6) is 0 Å². The predicted molar refractivity (Wildman–Crippen MR) is 18.3 cm³/mol. The summed E-state index contributed by atoms with van der Waals surface area (Å²) in [5, 5.41) is 4.90. The zero-order valence-electron chi connectivity index (χ0n) is 3.24. The van der Waals surface area contributed by atoms with Crippen molar-refractivity contribution >= 4 is 6.21 Å². The third kappa shape index (κ3) is 14.5. The van der Waals surface area contributed by atoms with Gasteiger partial charge in [-0.2, -0.15) is 0 Å². The Balaban J connectivity index is 0. The summed E-state index contributed by atoms with van der Waals surface area (Å²) in [7, 11) is 0. The highest BCUT2D eigenvalue weighted by Gasteiger charge is 1.54. The van der Waals surface area contributed by atoms with Crippen molar-refractivity contribution in [3.8, 4) is 0 Å². The van der Waals surface area contributed by atoms with Crippen molar-refractivity contribution in [3.63, 3.8) is 0 Å². The smallest absolute Gasteiger partial charge is 0.136 e. The predicted octanol–water partition coefficient (Wildman–Crippen LogP) is -3.77. The molecule has 0 heterocycles. The maximum absolute atomic E-state index is 4.90. The molecule has 0 aliphatic rings. The standard InChI is InChI=1S/C3H7N.BrH/c1-2-3-4;/h3-4H,2H2,1H3;1H. The summed E-state index contributed by atoms with van der Waals surface area (Å²) in [6.07, 6.45) is 2.60. The maximum Gasteiger partial charge on any atom is 0.136 e. The molecular weight excluding hydrogens is 130 g/mol. The molecule has 0 rings (SSSR count). The zero-order chi connectivity index (χ0) is 3.41. The van der Waals surface area contributed by atoms with E-state index < -0.39 is 0 Å². The molecule has 0 spiro atoms. The molecule has 2 N–H and O–H groups in total. The highest BCUT2D eigenvalue weighted by molar-refractivity contribution is 5.48. The van der Waals surface area contributed by atoms with E-state index >= 15 is 0 Å². The van der Waals surface area contributed by atoms with E-state index in [1.54, 1.807) is 6.21 Å². The van der Waals surface area contributed by atoms with Crippen LogP contribution in [0.2, 0.25) is 0 Å². The molecule has 0 amide bonds. The fourth-order valence-corrected chi connectivity index (χ4v) is 0. The molecular formula is C3H8BrN. The lowest BCUT2D eigenvalue weighted by Gasteiger charge is -1.49. The van der Waals surface area contributed by atoms with E-state index in [0.717, 1.165) is 6.42 Å². The first-order valence-corrected chi connectivity index (χ1v) is 1.45. The van der Waals surface area contributed by atoms with Crippen molar-refractivity contribution in [2.24, 2.45) is 0 Å². The third-order valence-corrected chi connectivity index (χ3v) is 0.236. The number of hydrogen-bond acceptors (Lipinski definition) is 0. The van der Waals surface area contributed by atoms with Gasteiger partial charge in [0.25, 0.3) is 0 Å². The maximum atomic E-state index is 4.90. The Hall–Kier alpha value is 0.150. The van der Waals surface area contributed by atoms with Gasteiger partial charge in [0.1, 0.15) is 6.21 Å². The van der Waals surface area contributed by atoms with Gasteiger partial charge >= 0.3 is 0 Å². The molecule has 0 aliphatic heterocycles. The lowest BCUT2D eigenvalue weighted by atomic mass is 10.6. The molecule has 0 saturated heterocycles. The minimum absolute atomic E-state index is 0. The zero-order valence-corrected chi connectivity index (χ0v) is 4.83. The first-order valence-electron chi connectivity index (χ1n) is 1.45. The van der Waals surface area contributed by atoms with Crippen molar-refractivity contribution in [1.82, 2.24) is 0 Å². The summed E-state index contributed by atoms with van der Waals surface area (Å²) >= 11 is 0. The molecule has 0 unspecified atom stereocenters. The summed E-state index contributed by atoms with van der Waals surface area (Å²) in [6.45, 7) is 2.00. The summed E-state index contributed by atoms with van der Waals surface area (Å²) in [6, 6.07) is 0. The van der Waals surface area contributed by atoms with E-state index in [0.29, 0.717) is 0 Å². The fraction of sp³-hybridized carbons (Fsp3) is 0.667. The van der Waals surface area contributed by atoms with Crippen LogP contribution >= 0.6 is 0 Å². The van der Waals surface area contributed by atoms with E-state index in [4.69, 9.17) is 5.41 Å². The second-order valence-electron chi connectivity index (χ2n) is 0.644. The molecule has 2 heteroatoms. The molecule has 0 aromatic carbocycles. The first kappa shape index (κ1) is 8.94. The van der Waals surface area contributed by atoms with Crippen LogP contribution in [-0.2, 0) is 0 Å². The third-order valence-electron chi connectivity index (χ3n) is 0.236. The molecule has 0 aromatic heterocycles. The van der Waals surface area contributed by atoms with E-state index in [2.05, 4.69) is 0 Å². The number of halogens is 1. The average molecular weight is 138 g/mol. The largest absolute Gasteiger partial charge is 1.00 e. The van der Waals surface area contributed by atoms with Gasteiger partial charge in [0.2, 0.25) is 0 Å². The summed E-state index contributed by atoms with van der Waals surface area (Å²) in [5.74, 6) is 0. The lowest BCUT2D eigenvalue weighted by molar-refractivity contribution is -0.107. The molecule has 0 bridgehead atoms. The molecule has 0 fully saturated rings. The van der Waals surface area contributed by atoms with E-state index in [9.17, 15) is 0 Å². The van der Waals surface area contributed by atoms with Gasteiger partial charge in [-0.1, -0.05) is 6.92 Å². The fourth-order valence-electron chi connectivity index (χ4n) is 0. The lowest BCUT2D eigenvalue weighted by Crippen LogP contribution is -3.00. The number of hydrogen-bond donors (Lipinski definition) is 1. The van der Waals surface area contributed by atoms with Crippen LogP contribution in [0, 0.1) is 0 Å². The molecule has 0 atom stereocenters. The van der Waals surface area contributed by atoms with Crippen LogP contribution < -0.4 is 22.4 Å². The molecule has 32 valence electrons. The summed E-state index contributed by atoms with van der Waals surface area (Å²) < 4.78 is 0. The summed E-state index contributed by atoms with van der Waals surface area (Å²) in [4.78, 5) is 0. The molecule has 5 heavy (non-hydrogen) atoms. The van der Waals surface area contributed by atoms with Crippen LogP contribution in [0.1, 0.15) is 13.3 Å². The minimum Gasteiger partial charge on any atom is -1.00 e. The van der Waals surface area contributed by atoms with Gasteiger partial charge < -0.3 is 17.0 Å². The van der Waals surface area contributed by atoms with Gasteiger partial charge in [-0.3, -0.25) is 5.41 Å². The van der Waals surface area contributed by atoms with E-state index in [-0.39, 0.29) is 17.0 Å². The normalized spacial score (nSPS) is 5.00.